The Balaban J connectivity index is 1.34. The molecule has 1 amide bonds. The van der Waals surface area contributed by atoms with Crippen LogP contribution in [0.25, 0.3) is 0 Å². The van der Waals surface area contributed by atoms with Gasteiger partial charge in [0.25, 0.3) is 0 Å². The Kier molecular flexibility index (Phi) is 5.66. The Labute approximate surface area is 176 Å². The SMILES string of the molecule is O=C(CNc1cccc2c1CN(c1ccccn1)C2)Nc1ccc(OC(F)(F)F)cc1. The molecule has 0 spiro atoms. The number of ether oxygens (including phenoxy) is 1. The maximum atomic E-state index is 12.3. The normalized spacial score (nSPS) is 12.9. The van der Waals surface area contributed by atoms with E-state index in [1.54, 1.807) is 6.20 Å². The van der Waals surface area contributed by atoms with Gasteiger partial charge in [0.15, 0.2) is 0 Å². The van der Waals surface area contributed by atoms with Crippen molar-refractivity contribution in [2.24, 2.45) is 0 Å². The standard InChI is InChI=1S/C22H19F3N4O2/c23-22(24,25)31-17-9-7-16(8-10-17)28-21(30)12-27-19-5-3-4-15-13-29(14-18(15)19)20-6-1-2-11-26-20/h1-11,27H,12-14H2,(H,28,30). The van der Waals surface area contributed by atoms with Crippen LogP contribution in [0.3, 0.4) is 0 Å². The summed E-state index contributed by atoms with van der Waals surface area (Å²) in [6.45, 7) is 1.43. The summed E-state index contributed by atoms with van der Waals surface area (Å²) < 4.78 is 40.5. The Morgan fingerprint density at radius 2 is 1.84 bits per heavy atom. The van der Waals surface area contributed by atoms with Crippen LogP contribution in [0.15, 0.2) is 66.9 Å². The monoisotopic (exact) mass is 428 g/mol. The molecule has 9 heteroatoms. The maximum Gasteiger partial charge on any atom is 0.573 e. The lowest BCUT2D eigenvalue weighted by Crippen LogP contribution is -2.22. The van der Waals surface area contributed by atoms with Gasteiger partial charge in [-0.3, -0.25) is 4.79 Å². The van der Waals surface area contributed by atoms with E-state index in [4.69, 9.17) is 0 Å². The first-order valence-electron chi connectivity index (χ1n) is 9.54. The average Bonchev–Trinajstić information content (AvgIpc) is 3.18. The van der Waals surface area contributed by atoms with E-state index in [-0.39, 0.29) is 18.2 Å². The Bertz CT molecular complexity index is 1060. The lowest BCUT2D eigenvalue weighted by atomic mass is 10.1. The number of aromatic nitrogens is 1. The van der Waals surface area contributed by atoms with Gasteiger partial charge >= 0.3 is 6.36 Å². The van der Waals surface area contributed by atoms with E-state index in [1.807, 2.05) is 36.4 Å². The minimum Gasteiger partial charge on any atom is -0.406 e. The number of hydrogen-bond donors (Lipinski definition) is 2. The molecule has 2 aromatic carbocycles. The lowest BCUT2D eigenvalue weighted by molar-refractivity contribution is -0.274. The molecule has 0 radical (unpaired) electrons. The smallest absolute Gasteiger partial charge is 0.406 e. The van der Waals surface area contributed by atoms with Crippen LogP contribution < -0.4 is 20.3 Å². The summed E-state index contributed by atoms with van der Waals surface area (Å²) in [5.74, 6) is 0.225. The molecular formula is C22H19F3N4O2. The molecule has 0 aliphatic carbocycles. The summed E-state index contributed by atoms with van der Waals surface area (Å²) in [4.78, 5) is 18.8. The van der Waals surface area contributed by atoms with Crippen LogP contribution in [0.2, 0.25) is 0 Å². The number of rotatable bonds is 6. The van der Waals surface area contributed by atoms with Gasteiger partial charge in [-0.1, -0.05) is 18.2 Å². The van der Waals surface area contributed by atoms with Crippen molar-refractivity contribution >= 4 is 23.1 Å². The predicted molar refractivity (Wildman–Crippen MR) is 111 cm³/mol. The number of carbonyl (C=O) groups excluding carboxylic acids is 1. The average molecular weight is 428 g/mol. The molecule has 0 unspecified atom stereocenters. The number of hydrogen-bond acceptors (Lipinski definition) is 5. The summed E-state index contributed by atoms with van der Waals surface area (Å²) in [6, 6.07) is 16.7. The number of fused-ring (bicyclic) bond motifs is 1. The number of pyridine rings is 1. The molecule has 2 heterocycles. The highest BCUT2D eigenvalue weighted by atomic mass is 19.4. The van der Waals surface area contributed by atoms with Crippen LogP contribution in [0.1, 0.15) is 11.1 Å². The van der Waals surface area contributed by atoms with E-state index < -0.39 is 6.36 Å². The van der Waals surface area contributed by atoms with Crippen molar-refractivity contribution < 1.29 is 22.7 Å². The number of nitrogens with zero attached hydrogens (tertiary/aromatic N) is 2. The molecule has 0 fully saturated rings. The zero-order valence-electron chi connectivity index (χ0n) is 16.3. The van der Waals surface area contributed by atoms with Crippen molar-refractivity contribution in [3.63, 3.8) is 0 Å². The van der Waals surface area contributed by atoms with E-state index in [1.165, 1.54) is 12.1 Å². The number of halogens is 3. The van der Waals surface area contributed by atoms with Crippen molar-refractivity contribution in [2.45, 2.75) is 19.5 Å². The molecule has 0 bridgehead atoms. The predicted octanol–water partition coefficient (Wildman–Crippen LogP) is 4.55. The quantitative estimate of drug-likeness (QED) is 0.603. The summed E-state index contributed by atoms with van der Waals surface area (Å²) in [7, 11) is 0. The van der Waals surface area contributed by atoms with Crippen molar-refractivity contribution in [3.05, 3.63) is 78.0 Å². The van der Waals surface area contributed by atoms with Crippen LogP contribution in [0.5, 0.6) is 5.75 Å². The third kappa shape index (κ3) is 5.25. The molecule has 1 aliphatic heterocycles. The number of carbonyl (C=O) groups is 1. The van der Waals surface area contributed by atoms with E-state index in [2.05, 4.69) is 25.3 Å². The minimum atomic E-state index is -4.75. The molecule has 2 N–H and O–H groups in total. The second-order valence-electron chi connectivity index (χ2n) is 6.96. The number of anilines is 3. The Hall–Kier alpha value is -3.75. The third-order valence-corrected chi connectivity index (χ3v) is 4.77. The highest BCUT2D eigenvalue weighted by Crippen LogP contribution is 2.31. The van der Waals surface area contributed by atoms with Gasteiger partial charge in [-0.15, -0.1) is 13.2 Å². The molecule has 0 saturated heterocycles. The highest BCUT2D eigenvalue weighted by molar-refractivity contribution is 5.94. The van der Waals surface area contributed by atoms with Crippen molar-refractivity contribution in [1.29, 1.82) is 0 Å². The second kappa shape index (κ2) is 8.55. The van der Waals surface area contributed by atoms with E-state index in [0.717, 1.165) is 41.3 Å². The van der Waals surface area contributed by atoms with Gasteiger partial charge in [-0.05, 0) is 53.6 Å². The fourth-order valence-corrected chi connectivity index (χ4v) is 3.41. The summed E-state index contributed by atoms with van der Waals surface area (Å²) in [5.41, 5.74) is 3.51. The number of benzene rings is 2. The van der Waals surface area contributed by atoms with Crippen LogP contribution in [0, 0.1) is 0 Å². The lowest BCUT2D eigenvalue weighted by Gasteiger charge is -2.16. The van der Waals surface area contributed by atoms with Crippen LogP contribution in [-0.2, 0) is 17.9 Å². The number of amides is 1. The third-order valence-electron chi connectivity index (χ3n) is 4.77. The van der Waals surface area contributed by atoms with Gasteiger partial charge in [-0.2, -0.15) is 0 Å². The molecular weight excluding hydrogens is 409 g/mol. The summed E-state index contributed by atoms with van der Waals surface area (Å²) in [6.07, 6.45) is -3.00. The van der Waals surface area contributed by atoms with Crippen molar-refractivity contribution in [2.75, 3.05) is 22.1 Å². The van der Waals surface area contributed by atoms with E-state index in [9.17, 15) is 18.0 Å². The van der Waals surface area contributed by atoms with Crippen molar-refractivity contribution in [1.82, 2.24) is 4.98 Å². The van der Waals surface area contributed by atoms with Gasteiger partial charge in [0.1, 0.15) is 11.6 Å². The number of alkyl halides is 3. The molecule has 31 heavy (non-hydrogen) atoms. The van der Waals surface area contributed by atoms with E-state index >= 15 is 0 Å². The zero-order chi connectivity index (χ0) is 21.8. The molecule has 6 nitrogen and oxygen atoms in total. The van der Waals surface area contributed by atoms with Gasteiger partial charge in [0.2, 0.25) is 5.91 Å². The van der Waals surface area contributed by atoms with Crippen LogP contribution in [-0.4, -0.2) is 23.8 Å². The van der Waals surface area contributed by atoms with E-state index in [0.29, 0.717) is 12.2 Å². The van der Waals surface area contributed by atoms with Crippen molar-refractivity contribution in [3.8, 4) is 5.75 Å². The largest absolute Gasteiger partial charge is 0.573 e. The first kappa shape index (κ1) is 20.5. The topological polar surface area (TPSA) is 66.5 Å². The zero-order valence-corrected chi connectivity index (χ0v) is 16.3. The molecule has 0 atom stereocenters. The fourth-order valence-electron chi connectivity index (χ4n) is 3.41. The molecule has 1 aromatic heterocycles. The maximum absolute atomic E-state index is 12.3. The minimum absolute atomic E-state index is 0.0147. The second-order valence-corrected chi connectivity index (χ2v) is 6.96. The highest BCUT2D eigenvalue weighted by Gasteiger charge is 2.31. The van der Waals surface area contributed by atoms with Gasteiger partial charge in [0.05, 0.1) is 6.54 Å². The van der Waals surface area contributed by atoms with Gasteiger partial charge in [0, 0.05) is 30.7 Å². The fraction of sp³-hybridized carbons (Fsp3) is 0.182. The molecule has 4 rings (SSSR count). The van der Waals surface area contributed by atoms with Crippen LogP contribution >= 0.6 is 0 Å². The summed E-state index contributed by atoms with van der Waals surface area (Å²) in [5, 5.41) is 5.79. The molecule has 1 aliphatic rings. The van der Waals surface area contributed by atoms with Crippen LogP contribution in [0.4, 0.5) is 30.4 Å². The molecule has 0 saturated carbocycles. The number of nitrogens with one attached hydrogen (secondary N) is 2. The van der Waals surface area contributed by atoms with Gasteiger partial charge in [-0.25, -0.2) is 4.98 Å². The van der Waals surface area contributed by atoms with Gasteiger partial charge < -0.3 is 20.3 Å². The first-order valence-corrected chi connectivity index (χ1v) is 9.54. The molecule has 3 aromatic rings. The first-order chi connectivity index (χ1) is 14.9. The Morgan fingerprint density at radius 1 is 1.03 bits per heavy atom. The Morgan fingerprint density at radius 3 is 2.55 bits per heavy atom. The summed E-state index contributed by atoms with van der Waals surface area (Å²) >= 11 is 0. The molecule has 160 valence electrons.